The predicted octanol–water partition coefficient (Wildman–Crippen LogP) is 4.85. The number of aliphatic hydroxyl groups excluding tert-OH is 1. The molecule has 0 radical (unpaired) electrons. The van der Waals surface area contributed by atoms with Crippen molar-refractivity contribution in [3.8, 4) is 0 Å². The molecular weight excluding hydrogens is 324 g/mol. The van der Waals surface area contributed by atoms with E-state index in [0.717, 1.165) is 11.1 Å². The van der Waals surface area contributed by atoms with Gasteiger partial charge in [0, 0.05) is 12.8 Å². The van der Waals surface area contributed by atoms with E-state index in [1.54, 1.807) is 6.08 Å². The summed E-state index contributed by atoms with van der Waals surface area (Å²) in [6.07, 6.45) is 14.5. The van der Waals surface area contributed by atoms with Gasteiger partial charge in [-0.15, -0.1) is 0 Å². The van der Waals surface area contributed by atoms with E-state index in [1.165, 1.54) is 0 Å². The molecule has 1 aliphatic heterocycles. The fourth-order valence-electron chi connectivity index (χ4n) is 4.30. The highest BCUT2D eigenvalue weighted by atomic mass is 16.6. The van der Waals surface area contributed by atoms with Crippen molar-refractivity contribution in [2.45, 2.75) is 71.2 Å². The average molecular weight is 357 g/mol. The topological polar surface area (TPSA) is 49.8 Å². The maximum Gasteiger partial charge on any atom is 0.161 e. The number of carbonyl (C=O) groups excluding carboxylic acids is 1. The number of fused-ring (bicyclic) bond motifs is 1. The highest BCUT2D eigenvalue weighted by Crippen LogP contribution is 2.67. The summed E-state index contributed by atoms with van der Waals surface area (Å²) in [6.45, 7) is 13.7. The van der Waals surface area contributed by atoms with Crippen LogP contribution in [0, 0.1) is 5.41 Å². The summed E-state index contributed by atoms with van der Waals surface area (Å²) in [5.74, 6) is 0.107. The molecule has 1 saturated carbocycles. The number of hydrogen-bond donors (Lipinski definition) is 1. The minimum atomic E-state index is -0.458. The fourth-order valence-corrected chi connectivity index (χ4v) is 4.30. The summed E-state index contributed by atoms with van der Waals surface area (Å²) in [5, 5.41) is 10.1. The number of ether oxygens (including phenoxy) is 1. The van der Waals surface area contributed by atoms with E-state index < -0.39 is 11.2 Å². The van der Waals surface area contributed by atoms with Gasteiger partial charge in [0.15, 0.2) is 5.78 Å². The maximum absolute atomic E-state index is 12.8. The van der Waals surface area contributed by atoms with Crippen molar-refractivity contribution < 1.29 is 14.6 Å². The van der Waals surface area contributed by atoms with Crippen molar-refractivity contribution in [2.24, 2.45) is 5.41 Å². The second-order valence-electron chi connectivity index (χ2n) is 8.45. The molecule has 2 fully saturated rings. The number of aliphatic hydroxyl groups is 1. The minimum Gasteiger partial charge on any atom is -0.393 e. The molecule has 1 saturated heterocycles. The summed E-state index contributed by atoms with van der Waals surface area (Å²) < 4.78 is 6.11. The van der Waals surface area contributed by atoms with Gasteiger partial charge < -0.3 is 9.84 Å². The lowest BCUT2D eigenvalue weighted by molar-refractivity contribution is -0.118. The van der Waals surface area contributed by atoms with Crippen LogP contribution in [0.25, 0.3) is 0 Å². The molecule has 2 rings (SSSR count). The molecule has 1 aliphatic carbocycles. The molecule has 1 N–H and O–H groups in total. The Morgan fingerprint density at radius 3 is 2.46 bits per heavy atom. The second kappa shape index (κ2) is 7.50. The number of rotatable bonds is 7. The van der Waals surface area contributed by atoms with E-state index in [-0.39, 0.29) is 17.3 Å². The first-order chi connectivity index (χ1) is 12.1. The van der Waals surface area contributed by atoms with Crippen LogP contribution in [0.4, 0.5) is 0 Å². The van der Waals surface area contributed by atoms with Gasteiger partial charge in [-0.05, 0) is 38.2 Å². The lowest BCUT2D eigenvalue weighted by Gasteiger charge is -2.40. The lowest BCUT2D eigenvalue weighted by atomic mass is 9.61. The van der Waals surface area contributed by atoms with Crippen molar-refractivity contribution in [3.05, 3.63) is 60.3 Å². The van der Waals surface area contributed by atoms with Crippen molar-refractivity contribution in [1.29, 1.82) is 0 Å². The monoisotopic (exact) mass is 356 g/mol. The van der Waals surface area contributed by atoms with Crippen LogP contribution in [-0.2, 0) is 9.53 Å². The summed E-state index contributed by atoms with van der Waals surface area (Å²) in [7, 11) is 0. The predicted molar refractivity (Wildman–Crippen MR) is 107 cm³/mol. The summed E-state index contributed by atoms with van der Waals surface area (Å²) >= 11 is 0. The molecule has 2 aliphatic rings. The Hall–Kier alpha value is -1.71. The number of hydrogen-bond acceptors (Lipinski definition) is 3. The van der Waals surface area contributed by atoms with E-state index in [2.05, 4.69) is 20.4 Å². The molecule has 0 aromatic carbocycles. The molecule has 3 atom stereocenters. The van der Waals surface area contributed by atoms with E-state index in [4.69, 9.17) is 4.74 Å². The third-order valence-electron chi connectivity index (χ3n) is 5.84. The number of ketones is 1. The molecular formula is C23H32O3. The normalized spacial score (nSPS) is 34.2. The first-order valence-corrected chi connectivity index (χ1v) is 9.29. The SMILES string of the molecule is C=C/C=C/C=C(C)/C=C/C=C(\C)C(=O)C[C@@]12O[C@]1(C)C[C@@H](O)CC2(C)C. The van der Waals surface area contributed by atoms with Crippen molar-refractivity contribution in [2.75, 3.05) is 0 Å². The van der Waals surface area contributed by atoms with Gasteiger partial charge in [-0.1, -0.05) is 68.5 Å². The summed E-state index contributed by atoms with van der Waals surface area (Å²) in [4.78, 5) is 12.8. The van der Waals surface area contributed by atoms with E-state index in [0.29, 0.717) is 19.3 Å². The molecule has 0 aromatic rings. The number of carbonyl (C=O) groups is 1. The molecule has 0 unspecified atom stereocenters. The molecule has 0 bridgehead atoms. The average Bonchev–Trinajstić information content (AvgIpc) is 3.12. The van der Waals surface area contributed by atoms with Crippen LogP contribution >= 0.6 is 0 Å². The minimum absolute atomic E-state index is 0.107. The quantitative estimate of drug-likeness (QED) is 0.403. The number of epoxide rings is 1. The van der Waals surface area contributed by atoms with Crippen LogP contribution in [-0.4, -0.2) is 28.2 Å². The molecule has 3 nitrogen and oxygen atoms in total. The third kappa shape index (κ3) is 3.99. The van der Waals surface area contributed by atoms with Gasteiger partial charge in [-0.25, -0.2) is 0 Å². The third-order valence-corrected chi connectivity index (χ3v) is 5.84. The molecule has 1 heterocycles. The van der Waals surface area contributed by atoms with E-state index in [9.17, 15) is 9.90 Å². The van der Waals surface area contributed by atoms with Crippen LogP contribution in [0.1, 0.15) is 53.9 Å². The van der Waals surface area contributed by atoms with Gasteiger partial charge in [0.05, 0.1) is 11.7 Å². The Labute approximate surface area is 157 Å². The van der Waals surface area contributed by atoms with Gasteiger partial charge in [0.25, 0.3) is 0 Å². The molecule has 142 valence electrons. The Bertz CT molecular complexity index is 692. The number of allylic oxidation sites excluding steroid dienone is 9. The fraction of sp³-hybridized carbons (Fsp3) is 0.522. The molecule has 26 heavy (non-hydrogen) atoms. The molecule has 0 amide bonds. The van der Waals surface area contributed by atoms with E-state index in [1.807, 2.05) is 57.2 Å². The Morgan fingerprint density at radius 2 is 1.85 bits per heavy atom. The Balaban J connectivity index is 2.05. The van der Waals surface area contributed by atoms with Crippen molar-refractivity contribution in [1.82, 2.24) is 0 Å². The molecule has 0 aromatic heterocycles. The zero-order chi connectivity index (χ0) is 19.6. The zero-order valence-corrected chi connectivity index (χ0v) is 16.7. The van der Waals surface area contributed by atoms with Crippen LogP contribution in [0.3, 0.4) is 0 Å². The smallest absolute Gasteiger partial charge is 0.161 e. The number of Topliss-reactive ketones (excluding diaryl/α,β-unsaturated/α-hetero) is 1. The second-order valence-corrected chi connectivity index (χ2v) is 8.45. The van der Waals surface area contributed by atoms with Gasteiger partial charge in [-0.2, -0.15) is 0 Å². The van der Waals surface area contributed by atoms with Crippen LogP contribution in [0.2, 0.25) is 0 Å². The Morgan fingerprint density at radius 1 is 1.15 bits per heavy atom. The Kier molecular flexibility index (Phi) is 5.94. The van der Waals surface area contributed by atoms with Crippen molar-refractivity contribution >= 4 is 5.78 Å². The first kappa shape index (κ1) is 20.6. The van der Waals surface area contributed by atoms with Gasteiger partial charge in [-0.3, -0.25) is 4.79 Å². The van der Waals surface area contributed by atoms with Gasteiger partial charge in [0.1, 0.15) is 5.60 Å². The highest BCUT2D eigenvalue weighted by Gasteiger charge is 2.76. The highest BCUT2D eigenvalue weighted by molar-refractivity contribution is 5.96. The summed E-state index contributed by atoms with van der Waals surface area (Å²) in [5.41, 5.74) is 0.752. The van der Waals surface area contributed by atoms with Crippen LogP contribution < -0.4 is 0 Å². The van der Waals surface area contributed by atoms with Gasteiger partial charge in [0.2, 0.25) is 0 Å². The van der Waals surface area contributed by atoms with Crippen molar-refractivity contribution in [3.63, 3.8) is 0 Å². The van der Waals surface area contributed by atoms with E-state index >= 15 is 0 Å². The van der Waals surface area contributed by atoms with Crippen LogP contribution in [0.15, 0.2) is 60.3 Å². The first-order valence-electron chi connectivity index (χ1n) is 9.29. The standard InChI is InChI=1S/C23H32O3/c1-7-8-9-11-17(2)12-10-13-18(3)20(25)16-23-21(4,5)14-19(24)15-22(23,6)26-23/h7-13,19,24H,1,14-16H2,2-6H3/b9-8+,12-10+,17-11+,18-13+/t19-,22+,23-/m0/s1. The molecule has 0 spiro atoms. The van der Waals surface area contributed by atoms with Crippen LogP contribution in [0.5, 0.6) is 0 Å². The van der Waals surface area contributed by atoms with Gasteiger partial charge >= 0.3 is 0 Å². The largest absolute Gasteiger partial charge is 0.393 e. The molecule has 3 heteroatoms. The zero-order valence-electron chi connectivity index (χ0n) is 16.7. The summed E-state index contributed by atoms with van der Waals surface area (Å²) in [6, 6.07) is 0. The maximum atomic E-state index is 12.8. The lowest BCUT2D eigenvalue weighted by Crippen LogP contribution is -2.48.